The molecule has 0 aliphatic carbocycles. The fraction of sp³-hybridized carbons (Fsp3) is 0.200. The topological polar surface area (TPSA) is 71.6 Å². The molecule has 0 bridgehead atoms. The van der Waals surface area contributed by atoms with E-state index in [0.717, 1.165) is 16.3 Å². The van der Waals surface area contributed by atoms with E-state index in [1.54, 1.807) is 32.4 Å². The van der Waals surface area contributed by atoms with Gasteiger partial charge in [0.05, 0.1) is 30.8 Å². The third-order valence-corrected chi connectivity index (χ3v) is 6.61. The summed E-state index contributed by atoms with van der Waals surface area (Å²) in [5.74, 6) is 1.13. The highest BCUT2D eigenvalue weighted by atomic mass is 35.5. The molecule has 6 nitrogen and oxygen atoms in total. The van der Waals surface area contributed by atoms with Crippen LogP contribution in [0, 0.1) is 0 Å². The second-order valence-electron chi connectivity index (χ2n) is 7.16. The van der Waals surface area contributed by atoms with Gasteiger partial charge in [-0.05, 0) is 67.2 Å². The lowest BCUT2D eigenvalue weighted by molar-refractivity contribution is -0.115. The Balaban J connectivity index is 1.65. The molecule has 3 aromatic rings. The molecule has 0 radical (unpaired) electrons. The van der Waals surface area contributed by atoms with Gasteiger partial charge >= 0.3 is 0 Å². The van der Waals surface area contributed by atoms with Gasteiger partial charge in [0.1, 0.15) is 11.5 Å². The number of hydrogen-bond acceptors (Lipinski definition) is 5. The molecule has 0 saturated carbocycles. The summed E-state index contributed by atoms with van der Waals surface area (Å²) in [7, 11) is 3.16. The van der Waals surface area contributed by atoms with Crippen LogP contribution in [-0.2, 0) is 4.79 Å². The number of ether oxygens (including phenoxy) is 2. The predicted octanol–water partition coefficient (Wildman–Crippen LogP) is 6.68. The Morgan fingerprint density at radius 1 is 0.941 bits per heavy atom. The number of thioether (sulfide) groups is 1. The SMILES string of the molecule is CCC(Sc1cccc(NC(=S)Nc2ccccc2OC)c1)C(=O)Nc1cc(Cl)ccc1OC. The van der Waals surface area contributed by atoms with E-state index in [0.29, 0.717) is 33.7 Å². The van der Waals surface area contributed by atoms with Crippen molar-refractivity contribution < 1.29 is 14.3 Å². The van der Waals surface area contributed by atoms with Gasteiger partial charge in [-0.25, -0.2) is 0 Å². The quantitative estimate of drug-likeness (QED) is 0.217. The Morgan fingerprint density at radius 2 is 1.68 bits per heavy atom. The minimum atomic E-state index is -0.308. The van der Waals surface area contributed by atoms with Crippen LogP contribution >= 0.6 is 35.6 Å². The standard InChI is InChI=1S/C25H26ClN3O3S2/c1-4-23(24(30)28-20-14-16(26)12-13-22(20)32-3)34-18-9-7-8-17(15-18)27-25(33)29-19-10-5-6-11-21(19)31-2/h5-15,23H,4H2,1-3H3,(H,28,30)(H2,27,29,33). The molecule has 0 spiro atoms. The molecule has 0 heterocycles. The van der Waals surface area contributed by atoms with Crippen LogP contribution in [0.1, 0.15) is 13.3 Å². The highest BCUT2D eigenvalue weighted by molar-refractivity contribution is 8.00. The fourth-order valence-corrected chi connectivity index (χ4v) is 4.57. The summed E-state index contributed by atoms with van der Waals surface area (Å²) in [6, 6.07) is 20.4. The predicted molar refractivity (Wildman–Crippen MR) is 146 cm³/mol. The largest absolute Gasteiger partial charge is 0.495 e. The first-order valence-electron chi connectivity index (χ1n) is 10.6. The van der Waals surface area contributed by atoms with E-state index in [-0.39, 0.29) is 11.2 Å². The molecule has 3 aromatic carbocycles. The first kappa shape index (κ1) is 25.7. The van der Waals surface area contributed by atoms with Crippen LogP contribution in [0.4, 0.5) is 17.1 Å². The number of hydrogen-bond donors (Lipinski definition) is 3. The normalized spacial score (nSPS) is 11.3. The van der Waals surface area contributed by atoms with Crippen molar-refractivity contribution in [1.82, 2.24) is 0 Å². The minimum Gasteiger partial charge on any atom is -0.495 e. The zero-order chi connectivity index (χ0) is 24.5. The van der Waals surface area contributed by atoms with Crippen LogP contribution in [0.25, 0.3) is 0 Å². The number of nitrogens with one attached hydrogen (secondary N) is 3. The van der Waals surface area contributed by atoms with Gasteiger partial charge < -0.3 is 25.4 Å². The maximum Gasteiger partial charge on any atom is 0.237 e. The molecule has 3 rings (SSSR count). The number of anilines is 3. The van der Waals surface area contributed by atoms with E-state index in [1.165, 1.54) is 11.8 Å². The van der Waals surface area contributed by atoms with E-state index in [2.05, 4.69) is 16.0 Å². The van der Waals surface area contributed by atoms with Gasteiger partial charge in [-0.15, -0.1) is 11.8 Å². The summed E-state index contributed by atoms with van der Waals surface area (Å²) < 4.78 is 10.7. The van der Waals surface area contributed by atoms with Gasteiger partial charge in [0.25, 0.3) is 0 Å². The molecule has 0 aromatic heterocycles. The Morgan fingerprint density at radius 3 is 2.41 bits per heavy atom. The third kappa shape index (κ3) is 7.03. The Hall–Kier alpha value is -2.94. The number of thiocarbonyl (C=S) groups is 1. The summed E-state index contributed by atoms with van der Waals surface area (Å²) in [6.07, 6.45) is 0.644. The van der Waals surface area contributed by atoms with Crippen LogP contribution in [0.5, 0.6) is 11.5 Å². The Labute approximate surface area is 214 Å². The van der Waals surface area contributed by atoms with E-state index >= 15 is 0 Å². The van der Waals surface area contributed by atoms with Crippen LogP contribution < -0.4 is 25.4 Å². The van der Waals surface area contributed by atoms with Gasteiger partial charge in [-0.2, -0.15) is 0 Å². The number of carbonyl (C=O) groups is 1. The third-order valence-electron chi connectivity index (χ3n) is 4.81. The molecule has 3 N–H and O–H groups in total. The van der Waals surface area contributed by atoms with Crippen molar-refractivity contribution in [2.75, 3.05) is 30.2 Å². The molecule has 178 valence electrons. The molecule has 1 amide bonds. The van der Waals surface area contributed by atoms with E-state index in [1.807, 2.05) is 55.5 Å². The Bertz CT molecular complexity index is 1160. The first-order chi connectivity index (χ1) is 16.4. The Kier molecular flexibility index (Phi) is 9.44. The molecule has 34 heavy (non-hydrogen) atoms. The van der Waals surface area contributed by atoms with Crippen molar-refractivity contribution in [3.8, 4) is 11.5 Å². The van der Waals surface area contributed by atoms with Crippen LogP contribution in [0.2, 0.25) is 5.02 Å². The maximum absolute atomic E-state index is 13.0. The lowest BCUT2D eigenvalue weighted by atomic mass is 10.2. The number of halogens is 1. The number of carbonyl (C=O) groups excluding carboxylic acids is 1. The highest BCUT2D eigenvalue weighted by Crippen LogP contribution is 2.32. The average Bonchev–Trinajstić information content (AvgIpc) is 2.83. The van der Waals surface area contributed by atoms with Crippen molar-refractivity contribution in [1.29, 1.82) is 0 Å². The maximum atomic E-state index is 13.0. The first-order valence-corrected chi connectivity index (χ1v) is 12.2. The molecule has 0 fully saturated rings. The lowest BCUT2D eigenvalue weighted by Gasteiger charge is -2.17. The van der Waals surface area contributed by atoms with Crippen molar-refractivity contribution in [2.45, 2.75) is 23.5 Å². The van der Waals surface area contributed by atoms with Crippen LogP contribution in [-0.4, -0.2) is 30.5 Å². The van der Waals surface area contributed by atoms with Gasteiger partial charge in [-0.1, -0.05) is 36.7 Å². The van der Waals surface area contributed by atoms with Gasteiger partial charge in [0, 0.05) is 15.6 Å². The molecule has 1 atom stereocenters. The summed E-state index contributed by atoms with van der Waals surface area (Å²) >= 11 is 13.0. The number of amides is 1. The molecule has 9 heteroatoms. The van der Waals surface area contributed by atoms with Crippen molar-refractivity contribution in [3.63, 3.8) is 0 Å². The number of rotatable bonds is 9. The number of para-hydroxylation sites is 2. The molecule has 0 aliphatic rings. The molecule has 0 saturated heterocycles. The van der Waals surface area contributed by atoms with Crippen molar-refractivity contribution in [2.24, 2.45) is 0 Å². The minimum absolute atomic E-state index is 0.125. The number of benzene rings is 3. The molecule has 1 unspecified atom stereocenters. The van der Waals surface area contributed by atoms with Crippen LogP contribution in [0.3, 0.4) is 0 Å². The second kappa shape index (κ2) is 12.5. The summed E-state index contributed by atoms with van der Waals surface area (Å²) in [5.41, 5.74) is 2.12. The van der Waals surface area contributed by atoms with Crippen LogP contribution in [0.15, 0.2) is 71.6 Å². The van der Waals surface area contributed by atoms with Gasteiger partial charge in [0.2, 0.25) is 5.91 Å². The zero-order valence-electron chi connectivity index (χ0n) is 19.1. The highest BCUT2D eigenvalue weighted by Gasteiger charge is 2.20. The molecular formula is C25H26ClN3O3S2. The van der Waals surface area contributed by atoms with Gasteiger partial charge in [-0.3, -0.25) is 4.79 Å². The average molecular weight is 516 g/mol. The van der Waals surface area contributed by atoms with Gasteiger partial charge in [0.15, 0.2) is 5.11 Å². The smallest absolute Gasteiger partial charge is 0.237 e. The molecule has 0 aliphatic heterocycles. The van der Waals surface area contributed by atoms with E-state index in [9.17, 15) is 4.79 Å². The molecular weight excluding hydrogens is 490 g/mol. The monoisotopic (exact) mass is 515 g/mol. The van der Waals surface area contributed by atoms with E-state index < -0.39 is 0 Å². The fourth-order valence-electron chi connectivity index (χ4n) is 3.16. The van der Waals surface area contributed by atoms with Crippen molar-refractivity contribution in [3.05, 3.63) is 71.8 Å². The van der Waals surface area contributed by atoms with E-state index in [4.69, 9.17) is 33.3 Å². The summed E-state index contributed by atoms with van der Waals surface area (Å²) in [4.78, 5) is 13.9. The van der Waals surface area contributed by atoms with Crippen molar-refractivity contribution >= 4 is 63.7 Å². The summed E-state index contributed by atoms with van der Waals surface area (Å²) in [6.45, 7) is 1.97. The summed E-state index contributed by atoms with van der Waals surface area (Å²) in [5, 5.41) is 9.91. The second-order valence-corrected chi connectivity index (χ2v) is 9.28. The zero-order valence-corrected chi connectivity index (χ0v) is 21.4. The lowest BCUT2D eigenvalue weighted by Crippen LogP contribution is -2.24. The number of methoxy groups -OCH3 is 2.